The van der Waals surface area contributed by atoms with E-state index in [1.54, 1.807) is 0 Å². The molecule has 17 heavy (non-hydrogen) atoms. The van der Waals surface area contributed by atoms with E-state index in [0.29, 0.717) is 6.07 Å². The number of carboxylic acids is 2. The van der Waals surface area contributed by atoms with Gasteiger partial charge in [0.05, 0.1) is 11.1 Å². The second-order valence-corrected chi connectivity index (χ2v) is 4.19. The van der Waals surface area contributed by atoms with E-state index in [-0.39, 0.29) is 25.9 Å². The maximum absolute atomic E-state index is 10.8. The molecule has 0 fully saturated rings. The van der Waals surface area contributed by atoms with Gasteiger partial charge in [-0.15, -0.1) is 0 Å². The maximum atomic E-state index is 10.8. The molecular weight excluding hydrogens is 264 g/mol. The van der Waals surface area contributed by atoms with Crippen molar-refractivity contribution in [3.8, 4) is 0 Å². The van der Waals surface area contributed by atoms with Crippen molar-refractivity contribution in [3.05, 3.63) is 29.3 Å². The number of carboxylic acid groups (broad SMARTS) is 2. The van der Waals surface area contributed by atoms with E-state index in [4.69, 9.17) is 14.8 Å². The van der Waals surface area contributed by atoms with E-state index >= 15 is 0 Å². The average Bonchev–Trinajstić information content (AvgIpc) is 2.15. The second-order valence-electron chi connectivity index (χ2n) is 2.80. The third-order valence-electron chi connectivity index (χ3n) is 1.74. The molecule has 0 saturated heterocycles. The summed E-state index contributed by atoms with van der Waals surface area (Å²) < 4.78 is 30.4. The van der Waals surface area contributed by atoms with Crippen molar-refractivity contribution in [2.45, 2.75) is 4.90 Å². The van der Waals surface area contributed by atoms with Crippen LogP contribution in [0.3, 0.4) is 0 Å². The van der Waals surface area contributed by atoms with Gasteiger partial charge in [-0.05, 0) is 18.2 Å². The van der Waals surface area contributed by atoms with E-state index < -0.39 is 38.1 Å². The van der Waals surface area contributed by atoms with Gasteiger partial charge in [0, 0.05) is 0 Å². The zero-order chi connectivity index (χ0) is 12.5. The van der Waals surface area contributed by atoms with Gasteiger partial charge in [0.1, 0.15) is 4.90 Å². The van der Waals surface area contributed by atoms with E-state index in [0.717, 1.165) is 12.1 Å². The van der Waals surface area contributed by atoms with Gasteiger partial charge in [-0.2, -0.15) is 8.42 Å². The number of carbonyl (C=O) groups is 2. The van der Waals surface area contributed by atoms with Crippen molar-refractivity contribution >= 4 is 45.1 Å². The number of hydrogen-bond donors (Lipinski definition) is 3. The zero-order valence-corrected chi connectivity index (χ0v) is 10.6. The largest absolute Gasteiger partial charge is 2.00 e. The van der Waals surface area contributed by atoms with Crippen molar-refractivity contribution in [1.82, 2.24) is 0 Å². The van der Waals surface area contributed by atoms with Crippen LogP contribution in [0.15, 0.2) is 23.1 Å². The molecule has 1 aromatic rings. The molecule has 0 aliphatic heterocycles. The normalized spacial score (nSPS) is 10.4. The SMILES string of the molecule is O=C(O)c1ccc(C(=O)O)c(S(=O)(=O)O)c1.[H-].[H-].[Mg+2]. The van der Waals surface area contributed by atoms with Crippen molar-refractivity contribution in [2.75, 3.05) is 0 Å². The Balaban J connectivity index is -0.000000853. The molecule has 3 N–H and O–H groups in total. The first-order valence-corrected chi connectivity index (χ1v) is 5.25. The van der Waals surface area contributed by atoms with Crippen LogP contribution in [0, 0.1) is 0 Å². The fourth-order valence-electron chi connectivity index (χ4n) is 1.05. The molecule has 0 amide bonds. The summed E-state index contributed by atoms with van der Waals surface area (Å²) in [4.78, 5) is 20.2. The van der Waals surface area contributed by atoms with Crippen LogP contribution in [0.25, 0.3) is 0 Å². The summed E-state index contributed by atoms with van der Waals surface area (Å²) in [5.74, 6) is -3.01. The molecule has 0 spiro atoms. The minimum Gasteiger partial charge on any atom is -1.00 e. The molecule has 0 aromatic heterocycles. The van der Waals surface area contributed by atoms with E-state index in [1.165, 1.54) is 0 Å². The smallest absolute Gasteiger partial charge is 1.00 e. The van der Waals surface area contributed by atoms with Crippen LogP contribution in [-0.2, 0) is 10.1 Å². The maximum Gasteiger partial charge on any atom is 2.00 e. The summed E-state index contributed by atoms with van der Waals surface area (Å²) in [5, 5.41) is 17.2. The molecule has 9 heteroatoms. The summed E-state index contributed by atoms with van der Waals surface area (Å²) in [7, 11) is -4.78. The quantitative estimate of drug-likeness (QED) is 0.528. The Hall–Kier alpha value is -1.16. The summed E-state index contributed by atoms with van der Waals surface area (Å²) in [6, 6.07) is 2.32. The molecule has 0 radical (unpaired) electrons. The van der Waals surface area contributed by atoms with E-state index in [9.17, 15) is 18.0 Å². The van der Waals surface area contributed by atoms with Gasteiger partial charge in [-0.1, -0.05) is 0 Å². The van der Waals surface area contributed by atoms with E-state index in [1.807, 2.05) is 0 Å². The zero-order valence-electron chi connectivity index (χ0n) is 10.3. The molecule has 90 valence electrons. The van der Waals surface area contributed by atoms with Crippen LogP contribution >= 0.6 is 0 Å². The molecule has 0 aliphatic rings. The van der Waals surface area contributed by atoms with Crippen molar-refractivity contribution in [1.29, 1.82) is 0 Å². The molecule has 0 unspecified atom stereocenters. The Bertz CT molecular complexity index is 572. The topological polar surface area (TPSA) is 129 Å². The molecule has 1 aromatic carbocycles. The predicted molar refractivity (Wildman–Crippen MR) is 58.2 cm³/mol. The number of rotatable bonds is 3. The predicted octanol–water partition coefficient (Wildman–Crippen LogP) is 0.174. The summed E-state index contributed by atoms with van der Waals surface area (Å²) in [5.41, 5.74) is -1.12. The van der Waals surface area contributed by atoms with E-state index in [2.05, 4.69) is 0 Å². The van der Waals surface area contributed by atoms with Crippen LogP contribution in [-0.4, -0.2) is 58.2 Å². The van der Waals surface area contributed by atoms with Crippen molar-refractivity contribution in [3.63, 3.8) is 0 Å². The van der Waals surface area contributed by atoms with Crippen LogP contribution in [0.1, 0.15) is 23.6 Å². The summed E-state index contributed by atoms with van der Waals surface area (Å²) in [6.45, 7) is 0. The van der Waals surface area contributed by atoms with Gasteiger partial charge in [-0.3, -0.25) is 4.55 Å². The number of aromatic carboxylic acids is 2. The van der Waals surface area contributed by atoms with Gasteiger partial charge < -0.3 is 13.1 Å². The third-order valence-corrected chi connectivity index (χ3v) is 2.63. The van der Waals surface area contributed by atoms with Gasteiger partial charge in [0.2, 0.25) is 0 Å². The Kier molecular flexibility index (Phi) is 5.07. The molecular formula is C8H8MgO7S. The second kappa shape index (κ2) is 5.45. The molecule has 1 rings (SSSR count). The Morgan fingerprint density at radius 3 is 2.00 bits per heavy atom. The first-order valence-electron chi connectivity index (χ1n) is 3.81. The Morgan fingerprint density at radius 2 is 1.65 bits per heavy atom. The molecule has 0 heterocycles. The molecule has 0 saturated carbocycles. The summed E-state index contributed by atoms with van der Waals surface area (Å²) in [6.07, 6.45) is 0. The van der Waals surface area contributed by atoms with Crippen molar-refractivity contribution in [2.24, 2.45) is 0 Å². The number of hydrogen-bond acceptors (Lipinski definition) is 4. The third kappa shape index (κ3) is 3.66. The Morgan fingerprint density at radius 1 is 1.12 bits per heavy atom. The van der Waals surface area contributed by atoms with Crippen LogP contribution < -0.4 is 0 Å². The molecule has 0 atom stereocenters. The number of benzene rings is 1. The van der Waals surface area contributed by atoms with Gasteiger partial charge in [-0.25, -0.2) is 9.59 Å². The summed E-state index contributed by atoms with van der Waals surface area (Å²) >= 11 is 0. The van der Waals surface area contributed by atoms with Crippen LogP contribution in [0.2, 0.25) is 0 Å². The first-order chi connectivity index (χ1) is 7.23. The van der Waals surface area contributed by atoms with Gasteiger partial charge >= 0.3 is 35.0 Å². The molecule has 0 aliphatic carbocycles. The van der Waals surface area contributed by atoms with Crippen LogP contribution in [0.5, 0.6) is 0 Å². The fourth-order valence-corrected chi connectivity index (χ4v) is 1.75. The average molecular weight is 273 g/mol. The Labute approximate surface area is 115 Å². The van der Waals surface area contributed by atoms with Crippen molar-refractivity contribution < 1.29 is 35.6 Å². The van der Waals surface area contributed by atoms with Crippen LogP contribution in [0.4, 0.5) is 0 Å². The van der Waals surface area contributed by atoms with Gasteiger partial charge in [0.15, 0.2) is 0 Å². The fraction of sp³-hybridized carbons (Fsp3) is 0. The standard InChI is InChI=1S/C8H6O7S.Mg.2H/c9-7(10)4-1-2-5(8(11)12)6(3-4)16(13,14)15;;;/h1-3H,(H,9,10)(H,11,12)(H,13,14,15);;;/q;+2;2*-1. The first kappa shape index (κ1) is 15.8. The molecule has 7 nitrogen and oxygen atoms in total. The molecule has 0 bridgehead atoms. The minimum absolute atomic E-state index is 0. The minimum atomic E-state index is -4.78. The van der Waals surface area contributed by atoms with Gasteiger partial charge in [0.25, 0.3) is 10.1 Å². The monoisotopic (exact) mass is 272 g/mol.